The number of nitrogens with one attached hydrogen (secondary N) is 2. The van der Waals surface area contributed by atoms with Gasteiger partial charge in [-0.25, -0.2) is 13.6 Å². The van der Waals surface area contributed by atoms with E-state index in [1.807, 2.05) is 13.0 Å². The second kappa shape index (κ2) is 8.92. The number of sulfonamides is 1. The summed E-state index contributed by atoms with van der Waals surface area (Å²) < 4.78 is 22.3. The second-order valence-corrected chi connectivity index (χ2v) is 6.41. The number of nitriles is 1. The molecule has 1 aromatic carbocycles. The Morgan fingerprint density at radius 2 is 2.00 bits per heavy atom. The Bertz CT molecular complexity index is 703. The molecule has 7 nitrogen and oxygen atoms in total. The summed E-state index contributed by atoms with van der Waals surface area (Å²) in [6.07, 6.45) is 3.15. The first-order chi connectivity index (χ1) is 10.9. The molecule has 0 aliphatic carbocycles. The molecule has 0 saturated carbocycles. The van der Waals surface area contributed by atoms with Crippen LogP contribution >= 0.6 is 0 Å². The van der Waals surface area contributed by atoms with E-state index in [0.29, 0.717) is 13.1 Å². The van der Waals surface area contributed by atoms with E-state index in [9.17, 15) is 13.2 Å². The fraction of sp³-hybridized carbons (Fsp3) is 0.333. The number of benzene rings is 1. The van der Waals surface area contributed by atoms with Crippen LogP contribution in [-0.2, 0) is 21.4 Å². The van der Waals surface area contributed by atoms with Crippen LogP contribution < -0.4 is 15.8 Å². The molecule has 0 aliphatic rings. The minimum absolute atomic E-state index is 0.0118. The summed E-state index contributed by atoms with van der Waals surface area (Å²) in [6.45, 7) is 2.89. The third kappa shape index (κ3) is 6.50. The zero-order valence-corrected chi connectivity index (χ0v) is 13.7. The third-order valence-electron chi connectivity index (χ3n) is 2.99. The summed E-state index contributed by atoms with van der Waals surface area (Å²) >= 11 is 0. The highest BCUT2D eigenvalue weighted by molar-refractivity contribution is 7.89. The molecule has 0 spiro atoms. The Kier molecular flexibility index (Phi) is 7.25. The van der Waals surface area contributed by atoms with E-state index in [4.69, 9.17) is 10.4 Å². The van der Waals surface area contributed by atoms with Gasteiger partial charge in [-0.1, -0.05) is 25.5 Å². The SMILES string of the molecule is CCCCNC(=O)/C(C#N)=C\NCc1ccc(S(N)(=O)=O)cc1. The number of nitrogens with two attached hydrogens (primary N) is 1. The fourth-order valence-electron chi connectivity index (χ4n) is 1.69. The number of primary sulfonamides is 1. The highest BCUT2D eigenvalue weighted by Crippen LogP contribution is 2.08. The van der Waals surface area contributed by atoms with E-state index < -0.39 is 15.9 Å². The Hall–Kier alpha value is -2.37. The normalized spacial score (nSPS) is 11.6. The van der Waals surface area contributed by atoms with E-state index in [0.717, 1.165) is 18.4 Å². The summed E-state index contributed by atoms with van der Waals surface area (Å²) in [6, 6.07) is 7.85. The van der Waals surface area contributed by atoms with Crippen molar-refractivity contribution in [3.05, 3.63) is 41.6 Å². The van der Waals surface area contributed by atoms with Crippen LogP contribution in [0.3, 0.4) is 0 Å². The molecule has 124 valence electrons. The van der Waals surface area contributed by atoms with Gasteiger partial charge in [0.05, 0.1) is 4.90 Å². The summed E-state index contributed by atoms with van der Waals surface area (Å²) in [5, 5.41) is 19.5. The average Bonchev–Trinajstić information content (AvgIpc) is 2.51. The van der Waals surface area contributed by atoms with Crippen LogP contribution in [-0.4, -0.2) is 20.9 Å². The molecular formula is C15H20N4O3S. The minimum atomic E-state index is -3.71. The molecule has 0 atom stereocenters. The topological polar surface area (TPSA) is 125 Å². The summed E-state index contributed by atoms with van der Waals surface area (Å²) in [4.78, 5) is 11.8. The lowest BCUT2D eigenvalue weighted by atomic mass is 10.2. The van der Waals surface area contributed by atoms with E-state index in [-0.39, 0.29) is 10.5 Å². The van der Waals surface area contributed by atoms with Gasteiger partial charge < -0.3 is 10.6 Å². The second-order valence-electron chi connectivity index (χ2n) is 4.85. The molecule has 0 bridgehead atoms. The predicted molar refractivity (Wildman–Crippen MR) is 86.3 cm³/mol. The van der Waals surface area contributed by atoms with Gasteiger partial charge >= 0.3 is 0 Å². The Balaban J connectivity index is 2.59. The first-order valence-corrected chi connectivity index (χ1v) is 8.66. The van der Waals surface area contributed by atoms with Crippen molar-refractivity contribution in [2.45, 2.75) is 31.2 Å². The van der Waals surface area contributed by atoms with Gasteiger partial charge in [0.1, 0.15) is 11.6 Å². The average molecular weight is 336 g/mol. The molecule has 1 rings (SSSR count). The quantitative estimate of drug-likeness (QED) is 0.367. The molecule has 4 N–H and O–H groups in total. The third-order valence-corrected chi connectivity index (χ3v) is 3.91. The first kappa shape index (κ1) is 18.7. The molecule has 0 radical (unpaired) electrons. The largest absolute Gasteiger partial charge is 0.386 e. The van der Waals surface area contributed by atoms with Crippen LogP contribution in [0.15, 0.2) is 40.9 Å². The fourth-order valence-corrected chi connectivity index (χ4v) is 2.21. The van der Waals surface area contributed by atoms with Crippen LogP contribution in [0.5, 0.6) is 0 Å². The maximum Gasteiger partial charge on any atom is 0.263 e. The van der Waals surface area contributed by atoms with Gasteiger partial charge in [0.25, 0.3) is 5.91 Å². The number of carbonyl (C=O) groups excluding carboxylic acids is 1. The van der Waals surface area contributed by atoms with Gasteiger partial charge in [-0.15, -0.1) is 0 Å². The van der Waals surface area contributed by atoms with Crippen LogP contribution in [0.25, 0.3) is 0 Å². The molecule has 0 aromatic heterocycles. The van der Waals surface area contributed by atoms with Crippen molar-refractivity contribution < 1.29 is 13.2 Å². The van der Waals surface area contributed by atoms with E-state index in [2.05, 4.69) is 10.6 Å². The Morgan fingerprint density at radius 1 is 1.35 bits per heavy atom. The lowest BCUT2D eigenvalue weighted by molar-refractivity contribution is -0.117. The van der Waals surface area contributed by atoms with Gasteiger partial charge in [0, 0.05) is 19.3 Å². The van der Waals surface area contributed by atoms with Crippen molar-refractivity contribution in [2.75, 3.05) is 6.54 Å². The van der Waals surface area contributed by atoms with E-state index >= 15 is 0 Å². The number of hydrogen-bond donors (Lipinski definition) is 3. The van der Waals surface area contributed by atoms with Crippen molar-refractivity contribution in [2.24, 2.45) is 5.14 Å². The van der Waals surface area contributed by atoms with E-state index in [1.165, 1.54) is 18.3 Å². The summed E-state index contributed by atoms with van der Waals surface area (Å²) in [5.74, 6) is -0.418. The smallest absolute Gasteiger partial charge is 0.263 e. The van der Waals surface area contributed by atoms with Gasteiger partial charge in [-0.05, 0) is 24.1 Å². The Labute approximate surface area is 136 Å². The maximum absolute atomic E-state index is 11.7. The minimum Gasteiger partial charge on any atom is -0.386 e. The summed E-state index contributed by atoms with van der Waals surface area (Å²) in [7, 11) is -3.71. The van der Waals surface area contributed by atoms with Crippen molar-refractivity contribution in [1.82, 2.24) is 10.6 Å². The van der Waals surface area contributed by atoms with Crippen LogP contribution in [0.4, 0.5) is 0 Å². The maximum atomic E-state index is 11.7. The number of rotatable bonds is 8. The molecule has 0 heterocycles. The highest BCUT2D eigenvalue weighted by atomic mass is 32.2. The number of carbonyl (C=O) groups is 1. The van der Waals surface area contributed by atoms with E-state index in [1.54, 1.807) is 12.1 Å². The van der Waals surface area contributed by atoms with Crippen LogP contribution in [0.2, 0.25) is 0 Å². The van der Waals surface area contributed by atoms with Crippen LogP contribution in [0, 0.1) is 11.3 Å². The zero-order chi connectivity index (χ0) is 17.3. The summed E-state index contributed by atoms with van der Waals surface area (Å²) in [5.41, 5.74) is 0.777. The Morgan fingerprint density at radius 3 is 2.52 bits per heavy atom. The van der Waals surface area contributed by atoms with Gasteiger partial charge in [-0.3, -0.25) is 4.79 Å². The lowest BCUT2D eigenvalue weighted by Crippen LogP contribution is -2.26. The van der Waals surface area contributed by atoms with Crippen LogP contribution in [0.1, 0.15) is 25.3 Å². The molecule has 0 unspecified atom stereocenters. The number of unbranched alkanes of at least 4 members (excludes halogenated alkanes) is 1. The molecule has 0 fully saturated rings. The molecule has 0 aliphatic heterocycles. The highest BCUT2D eigenvalue weighted by Gasteiger charge is 2.08. The number of hydrogen-bond acceptors (Lipinski definition) is 5. The molecule has 8 heteroatoms. The first-order valence-electron chi connectivity index (χ1n) is 7.12. The molecule has 1 aromatic rings. The molecule has 0 saturated heterocycles. The molecular weight excluding hydrogens is 316 g/mol. The monoisotopic (exact) mass is 336 g/mol. The van der Waals surface area contributed by atoms with Crippen molar-refractivity contribution >= 4 is 15.9 Å². The predicted octanol–water partition coefficient (Wildman–Crippen LogP) is 0.747. The molecule has 23 heavy (non-hydrogen) atoms. The lowest BCUT2D eigenvalue weighted by Gasteiger charge is -2.05. The van der Waals surface area contributed by atoms with Crippen molar-refractivity contribution in [3.63, 3.8) is 0 Å². The number of amides is 1. The molecule has 1 amide bonds. The van der Waals surface area contributed by atoms with Gasteiger partial charge in [-0.2, -0.15) is 5.26 Å². The van der Waals surface area contributed by atoms with Crippen molar-refractivity contribution in [3.8, 4) is 6.07 Å². The van der Waals surface area contributed by atoms with Gasteiger partial charge in [0.15, 0.2) is 0 Å². The van der Waals surface area contributed by atoms with Crippen molar-refractivity contribution in [1.29, 1.82) is 5.26 Å². The standard InChI is InChI=1S/C15H20N4O3S/c1-2-3-8-19-15(20)13(9-16)11-18-10-12-4-6-14(7-5-12)23(17,21)22/h4-7,11,18H,2-3,8,10H2,1H3,(H,19,20)(H2,17,21,22)/b13-11-. The number of nitrogens with zero attached hydrogens (tertiary/aromatic N) is 1. The van der Waals surface area contributed by atoms with Gasteiger partial charge in [0.2, 0.25) is 10.0 Å². The zero-order valence-electron chi connectivity index (χ0n) is 12.9.